The molecule has 614 valence electrons. The highest BCUT2D eigenvalue weighted by Crippen LogP contribution is 2.46. The number of ether oxygens (including phenoxy) is 11. The number of piperidine rings is 3. The smallest absolute Gasteiger partial charge is 0.340 e. The van der Waals surface area contributed by atoms with Crippen molar-refractivity contribution in [2.75, 3.05) is 123 Å². The number of aliphatic hydroxyl groups is 1. The van der Waals surface area contributed by atoms with Gasteiger partial charge >= 0.3 is 17.9 Å². The third-order valence-electron chi connectivity index (χ3n) is 21.5. The Morgan fingerprint density at radius 1 is 0.348 bits per heavy atom. The molecule has 3 fully saturated rings. The second-order valence-electron chi connectivity index (χ2n) is 28.5. The van der Waals surface area contributed by atoms with Crippen LogP contribution in [0.15, 0.2) is 218 Å². The number of hydrogen-bond acceptors (Lipinski definition) is 18. The number of carboxylic acids is 1. The summed E-state index contributed by atoms with van der Waals surface area (Å²) in [6, 6.07) is 64.6. The number of rotatable bonds is 32. The van der Waals surface area contributed by atoms with Gasteiger partial charge in [-0.25, -0.2) is 27.6 Å². The number of likely N-dealkylation sites (tertiary alicyclic amines) is 3. The summed E-state index contributed by atoms with van der Waals surface area (Å²) in [6.07, 6.45) is 3.80. The number of carbonyl (C=O) groups excluding carboxylic acids is 2. The monoisotopic (exact) mass is 1580 g/mol. The molecule has 9 aromatic rings. The molecule has 6 unspecified atom stereocenters. The molecule has 3 heterocycles. The number of halogens is 3. The standard InChI is InChI=1S/2C31H36FNO5.C22H28FNO3.C9H10O3/c2*1-35-27-11-7-10-26(30(27)37-3)28(38-31(34)29(36-2)23-8-5-4-6-9-23)24-17-20-33(21-18-24)19-16-22-12-14-25(32)15-13-22;1-26-20-5-3-4-19(22(20)27-2)21(25)17-11-14-24(15-12-17)13-10-16-6-8-18(23)9-7-16;1-12-8(9(10)11)7-5-3-2-4-6-7/h2*4-15,24,28-29H,16-21H2,1-3H3;3-9,17,21,25H,10-15H2,1-2H3;2-6,8H,1H3,(H,10,11). The summed E-state index contributed by atoms with van der Waals surface area (Å²) in [4.78, 5) is 44.7. The van der Waals surface area contributed by atoms with Gasteiger partial charge in [-0.3, -0.25) is 0 Å². The van der Waals surface area contributed by atoms with Crippen LogP contribution < -0.4 is 28.4 Å². The summed E-state index contributed by atoms with van der Waals surface area (Å²) in [5.74, 6) is 1.50. The fraction of sp³-hybridized carbons (Fsp3) is 0.387. The lowest BCUT2D eigenvalue weighted by molar-refractivity contribution is -0.166. The summed E-state index contributed by atoms with van der Waals surface area (Å²) in [5.41, 5.74) is 7.90. The first kappa shape index (κ1) is 88.6. The van der Waals surface area contributed by atoms with Crippen molar-refractivity contribution in [3.63, 3.8) is 0 Å². The lowest BCUT2D eigenvalue weighted by Gasteiger charge is -2.36. The summed E-state index contributed by atoms with van der Waals surface area (Å²) in [7, 11) is 14.0. The van der Waals surface area contributed by atoms with Crippen molar-refractivity contribution in [2.45, 2.75) is 94.4 Å². The minimum atomic E-state index is -0.969. The lowest BCUT2D eigenvalue weighted by atomic mass is 9.86. The van der Waals surface area contributed by atoms with E-state index in [1.54, 1.807) is 66.9 Å². The average Bonchev–Trinajstić information content (AvgIpc) is 0.803. The lowest BCUT2D eigenvalue weighted by Crippen LogP contribution is -2.38. The van der Waals surface area contributed by atoms with E-state index in [1.807, 2.05) is 158 Å². The number of hydrogen-bond donors (Lipinski definition) is 2. The van der Waals surface area contributed by atoms with E-state index in [-0.39, 0.29) is 35.2 Å². The first-order valence-electron chi connectivity index (χ1n) is 39.0. The van der Waals surface area contributed by atoms with Gasteiger partial charge in [0.25, 0.3) is 0 Å². The molecule has 2 N–H and O–H groups in total. The number of para-hydroxylation sites is 3. The second-order valence-corrected chi connectivity index (χ2v) is 28.5. The van der Waals surface area contributed by atoms with Crippen molar-refractivity contribution in [2.24, 2.45) is 17.8 Å². The molecule has 3 aliphatic heterocycles. The molecule has 3 saturated heterocycles. The first-order chi connectivity index (χ1) is 55.9. The zero-order valence-corrected chi connectivity index (χ0v) is 67.3. The molecule has 6 atom stereocenters. The largest absolute Gasteiger partial charge is 0.493 e. The number of esters is 2. The number of carboxylic acid groups (broad SMARTS) is 1. The van der Waals surface area contributed by atoms with E-state index in [2.05, 4.69) is 14.7 Å². The van der Waals surface area contributed by atoms with Gasteiger partial charge in [0.1, 0.15) is 29.7 Å². The molecule has 0 radical (unpaired) electrons. The molecule has 9 aromatic carbocycles. The summed E-state index contributed by atoms with van der Waals surface area (Å²) in [5, 5.41) is 19.6. The molecule has 0 aliphatic carbocycles. The number of carbonyl (C=O) groups is 3. The number of nitrogens with zero attached hydrogens (tertiary/aromatic N) is 3. The van der Waals surface area contributed by atoms with Crippen LogP contribution >= 0.6 is 0 Å². The van der Waals surface area contributed by atoms with Crippen molar-refractivity contribution in [3.8, 4) is 34.5 Å². The van der Waals surface area contributed by atoms with Crippen LogP contribution in [0.1, 0.15) is 125 Å². The predicted octanol–water partition coefficient (Wildman–Crippen LogP) is 16.8. The molecular weight excluding hydrogens is 1470 g/mol. The molecule has 0 spiro atoms. The van der Waals surface area contributed by atoms with E-state index in [1.165, 1.54) is 57.7 Å². The van der Waals surface area contributed by atoms with Crippen molar-refractivity contribution >= 4 is 17.9 Å². The van der Waals surface area contributed by atoms with Gasteiger partial charge in [-0.15, -0.1) is 0 Å². The quantitative estimate of drug-likeness (QED) is 0.0376. The maximum absolute atomic E-state index is 13.4. The van der Waals surface area contributed by atoms with Gasteiger partial charge in [0.05, 0.1) is 48.8 Å². The van der Waals surface area contributed by atoms with Crippen LogP contribution in [0.2, 0.25) is 0 Å². The van der Waals surface area contributed by atoms with E-state index in [9.17, 15) is 32.7 Å². The van der Waals surface area contributed by atoms with Crippen LogP contribution in [0.4, 0.5) is 13.2 Å². The van der Waals surface area contributed by atoms with E-state index in [4.69, 9.17) is 57.2 Å². The fourth-order valence-corrected chi connectivity index (χ4v) is 15.1. The molecule has 0 aromatic heterocycles. The predicted molar refractivity (Wildman–Crippen MR) is 435 cm³/mol. The van der Waals surface area contributed by atoms with Gasteiger partial charge in [0.15, 0.2) is 52.8 Å². The highest BCUT2D eigenvalue weighted by Gasteiger charge is 2.38. The summed E-state index contributed by atoms with van der Waals surface area (Å²) >= 11 is 0. The number of benzene rings is 9. The molecule has 115 heavy (non-hydrogen) atoms. The Morgan fingerprint density at radius 3 is 0.904 bits per heavy atom. The topological polar surface area (TPSA) is 203 Å². The summed E-state index contributed by atoms with van der Waals surface area (Å²) < 4.78 is 101. The highest BCUT2D eigenvalue weighted by molar-refractivity contribution is 5.78. The van der Waals surface area contributed by atoms with Crippen LogP contribution in [0.3, 0.4) is 0 Å². The second kappa shape index (κ2) is 46.3. The van der Waals surface area contributed by atoms with Gasteiger partial charge < -0.3 is 77.0 Å². The van der Waals surface area contributed by atoms with Crippen molar-refractivity contribution in [1.29, 1.82) is 0 Å². The van der Waals surface area contributed by atoms with E-state index in [0.717, 1.165) is 161 Å². The molecule has 0 saturated carbocycles. The normalized spacial score (nSPS) is 15.8. The zero-order valence-electron chi connectivity index (χ0n) is 67.3. The Morgan fingerprint density at radius 2 is 0.626 bits per heavy atom. The Bertz CT molecular complexity index is 4170. The van der Waals surface area contributed by atoms with Gasteiger partial charge in [0, 0.05) is 69.5 Å². The maximum Gasteiger partial charge on any atom is 0.340 e. The average molecular weight is 1580 g/mol. The van der Waals surface area contributed by atoms with Crippen LogP contribution in [-0.2, 0) is 57.3 Å². The minimum absolute atomic E-state index is 0.0929. The van der Waals surface area contributed by atoms with Gasteiger partial charge in [-0.1, -0.05) is 164 Å². The Kier molecular flexibility index (Phi) is 35.7. The van der Waals surface area contributed by atoms with E-state index >= 15 is 0 Å². The Balaban J connectivity index is 0.000000186. The van der Waals surface area contributed by atoms with Gasteiger partial charge in [0.2, 0.25) is 0 Å². The van der Waals surface area contributed by atoms with Crippen molar-refractivity contribution in [1.82, 2.24) is 14.7 Å². The van der Waals surface area contributed by atoms with Crippen LogP contribution in [0, 0.1) is 35.2 Å². The number of methoxy groups -OCH3 is 9. The van der Waals surface area contributed by atoms with Crippen molar-refractivity contribution < 1.29 is 89.9 Å². The van der Waals surface area contributed by atoms with Crippen LogP contribution in [-0.4, -0.2) is 166 Å². The Labute approximate surface area is 674 Å². The molecule has 22 heteroatoms. The molecule has 12 rings (SSSR count). The SMILES string of the molecule is COC(C(=O)O)c1ccccc1.COc1cccc(C(O)C2CCN(CCc3ccc(F)cc3)CC2)c1OC.COc1cccc(C(OC(=O)C(OC)c2ccccc2)C2CCN(CCc3ccc(F)cc3)CC2)c1OC.COc1cccc(C(OC(=O)C(OC)c2ccccc2)C2CCN(CCc3ccc(F)cc3)CC2)c1OC. The fourth-order valence-electron chi connectivity index (χ4n) is 15.1. The van der Waals surface area contributed by atoms with E-state index in [0.29, 0.717) is 40.1 Å². The molecular formula is C93H110F3N3O16. The van der Waals surface area contributed by atoms with Crippen molar-refractivity contribution in [3.05, 3.63) is 286 Å². The van der Waals surface area contributed by atoms with Gasteiger partial charge in [-0.2, -0.15) is 0 Å². The zero-order chi connectivity index (χ0) is 82.0. The van der Waals surface area contributed by atoms with Crippen LogP contribution in [0.5, 0.6) is 34.5 Å². The number of aliphatic carboxylic acids is 1. The molecule has 0 amide bonds. The van der Waals surface area contributed by atoms with Gasteiger partial charge in [-0.05, 0) is 191 Å². The van der Waals surface area contributed by atoms with E-state index < -0.39 is 54.5 Å². The maximum atomic E-state index is 13.4. The molecule has 19 nitrogen and oxygen atoms in total. The van der Waals surface area contributed by atoms with Crippen LogP contribution in [0.25, 0.3) is 0 Å². The third-order valence-corrected chi connectivity index (χ3v) is 21.5. The first-order valence-corrected chi connectivity index (χ1v) is 39.0. The minimum Gasteiger partial charge on any atom is -0.493 e. The third kappa shape index (κ3) is 25.6. The Hall–Kier alpha value is -10.3. The number of aliphatic hydroxyl groups excluding tert-OH is 1. The molecule has 3 aliphatic rings. The molecule has 0 bridgehead atoms. The highest BCUT2D eigenvalue weighted by atomic mass is 19.1. The summed E-state index contributed by atoms with van der Waals surface area (Å²) in [6.45, 7) is 8.14.